The molecule has 57 heavy (non-hydrogen) atoms. The lowest BCUT2D eigenvalue weighted by Gasteiger charge is -2.10. The van der Waals surface area contributed by atoms with E-state index in [0.717, 1.165) is 26.5 Å². The second kappa shape index (κ2) is 61.5. The van der Waals surface area contributed by atoms with Gasteiger partial charge in [-0.1, -0.05) is 113 Å². The zero-order valence-electron chi connectivity index (χ0n) is 38.3. The molecular weight excluding hydrogens is 747 g/mol. The predicted octanol–water partition coefficient (Wildman–Crippen LogP) is 7.18. The third-order valence-corrected chi connectivity index (χ3v) is 7.42. The van der Waals surface area contributed by atoms with Crippen LogP contribution in [0.3, 0.4) is 0 Å². The quantitative estimate of drug-likeness (QED) is 0.0389. The topological polar surface area (TPSA) is 217 Å². The molecule has 8 atom stereocenters. The Labute approximate surface area is 348 Å². The molecule has 0 amide bonds. The Kier molecular flexibility index (Phi) is 79.2. The van der Waals surface area contributed by atoms with Gasteiger partial charge in [-0.3, -0.25) is 0 Å². The molecule has 0 radical (unpaired) electrons. The Balaban J connectivity index is -0.0000000804. The number of halogens is 3. The number of aliphatic hydroxyl groups excluding tert-OH is 9. The molecule has 0 aliphatic heterocycles. The maximum Gasteiger partial charge on any atom is 0.393 e. The Morgan fingerprint density at radius 3 is 1.16 bits per heavy atom. The Morgan fingerprint density at radius 2 is 0.982 bits per heavy atom. The molecule has 0 rings (SSSR count). The number of hydrogen-bond acceptors (Lipinski definition) is 11. The molecular formula is C43H96F3NO10. The number of hydrogen-bond donors (Lipinski definition) is 10. The molecule has 0 fully saturated rings. The molecule has 1 unspecified atom stereocenters. The van der Waals surface area contributed by atoms with Crippen molar-refractivity contribution >= 4 is 0 Å². The molecule has 0 spiro atoms. The third kappa shape index (κ3) is 87.5. The lowest BCUT2D eigenvalue weighted by molar-refractivity contribution is -0.178. The van der Waals surface area contributed by atoms with Crippen LogP contribution in [-0.4, -0.2) is 129 Å². The first kappa shape index (κ1) is 73.4. The molecule has 14 heteroatoms. The summed E-state index contributed by atoms with van der Waals surface area (Å²) in [6.45, 7) is 29.2. The molecule has 0 aromatic heterocycles. The van der Waals surface area contributed by atoms with Crippen LogP contribution in [0, 0.1) is 23.7 Å². The van der Waals surface area contributed by atoms with Crippen molar-refractivity contribution in [3.8, 4) is 0 Å². The number of unbranched alkanes of at least 4 members (excludes halogenated alkanes) is 5. The van der Waals surface area contributed by atoms with Crippen LogP contribution < -0.4 is 5.73 Å². The zero-order valence-corrected chi connectivity index (χ0v) is 38.3. The third-order valence-electron chi connectivity index (χ3n) is 7.42. The van der Waals surface area contributed by atoms with Gasteiger partial charge in [0.15, 0.2) is 0 Å². The number of rotatable bonds is 22. The largest absolute Gasteiger partial charge is 0.396 e. The van der Waals surface area contributed by atoms with Crippen molar-refractivity contribution in [2.24, 2.45) is 29.4 Å². The van der Waals surface area contributed by atoms with Gasteiger partial charge in [-0.25, -0.2) is 0 Å². The van der Waals surface area contributed by atoms with E-state index in [1.54, 1.807) is 26.0 Å². The van der Waals surface area contributed by atoms with Crippen LogP contribution in [0.1, 0.15) is 147 Å². The fourth-order valence-corrected chi connectivity index (χ4v) is 2.64. The van der Waals surface area contributed by atoms with Gasteiger partial charge >= 0.3 is 6.18 Å². The fourth-order valence-electron chi connectivity index (χ4n) is 2.64. The minimum absolute atomic E-state index is 0.139. The van der Waals surface area contributed by atoms with Crippen LogP contribution in [0.4, 0.5) is 13.2 Å². The van der Waals surface area contributed by atoms with Crippen molar-refractivity contribution in [2.75, 3.05) is 52.8 Å². The maximum absolute atomic E-state index is 11.3. The highest BCUT2D eigenvalue weighted by atomic mass is 19.4. The van der Waals surface area contributed by atoms with Crippen molar-refractivity contribution in [2.45, 2.75) is 177 Å². The summed E-state index contributed by atoms with van der Waals surface area (Å²) in [6, 6.07) is 0. The Morgan fingerprint density at radius 1 is 0.579 bits per heavy atom. The average Bonchev–Trinajstić information content (AvgIpc) is 3.21. The maximum atomic E-state index is 11.3. The van der Waals surface area contributed by atoms with E-state index in [9.17, 15) is 13.2 Å². The summed E-state index contributed by atoms with van der Waals surface area (Å²) in [5.41, 5.74) is 5.31. The molecule has 0 aromatic carbocycles. The smallest absolute Gasteiger partial charge is 0.393 e. The molecule has 0 bridgehead atoms. The average molecular weight is 844 g/mol. The van der Waals surface area contributed by atoms with Crippen molar-refractivity contribution in [3.63, 3.8) is 0 Å². The van der Waals surface area contributed by atoms with Crippen LogP contribution in [0.2, 0.25) is 0 Å². The van der Waals surface area contributed by atoms with Crippen LogP contribution in [0.25, 0.3) is 0 Å². The lowest BCUT2D eigenvalue weighted by atomic mass is 10.1. The molecule has 11 nitrogen and oxygen atoms in total. The van der Waals surface area contributed by atoms with Crippen LogP contribution >= 0.6 is 0 Å². The number of ether oxygens (including phenoxy) is 1. The van der Waals surface area contributed by atoms with Gasteiger partial charge in [-0.05, 0) is 70.3 Å². The van der Waals surface area contributed by atoms with Gasteiger partial charge < -0.3 is 56.4 Å². The summed E-state index contributed by atoms with van der Waals surface area (Å²) in [7, 11) is 0. The molecule has 0 saturated carbocycles. The van der Waals surface area contributed by atoms with E-state index in [-0.39, 0.29) is 31.7 Å². The van der Waals surface area contributed by atoms with Gasteiger partial charge in [0, 0.05) is 26.4 Å². The molecule has 354 valence electrons. The second-order valence-corrected chi connectivity index (χ2v) is 13.8. The van der Waals surface area contributed by atoms with E-state index < -0.39 is 43.1 Å². The van der Waals surface area contributed by atoms with Crippen LogP contribution in [-0.2, 0) is 4.74 Å². The van der Waals surface area contributed by atoms with Crippen molar-refractivity contribution in [1.29, 1.82) is 0 Å². The highest BCUT2D eigenvalue weighted by Gasteiger charge is 2.34. The minimum Gasteiger partial charge on any atom is -0.396 e. The van der Waals surface area contributed by atoms with Gasteiger partial charge in [0.2, 0.25) is 0 Å². The van der Waals surface area contributed by atoms with E-state index in [2.05, 4.69) is 33.9 Å². The van der Waals surface area contributed by atoms with Gasteiger partial charge in [0.25, 0.3) is 0 Å². The van der Waals surface area contributed by atoms with E-state index in [4.69, 9.17) is 56.4 Å². The van der Waals surface area contributed by atoms with E-state index in [1.165, 1.54) is 51.4 Å². The Bertz CT molecular complexity index is 656. The van der Waals surface area contributed by atoms with Crippen LogP contribution in [0.5, 0.6) is 0 Å². The predicted molar refractivity (Wildman–Crippen MR) is 233 cm³/mol. The van der Waals surface area contributed by atoms with E-state index in [0.29, 0.717) is 32.0 Å². The zero-order chi connectivity index (χ0) is 46.7. The molecule has 0 aliphatic carbocycles. The van der Waals surface area contributed by atoms with Gasteiger partial charge in [0.05, 0.1) is 50.2 Å². The molecule has 11 N–H and O–H groups in total. The number of aliphatic hydroxyl groups is 9. The van der Waals surface area contributed by atoms with Gasteiger partial charge in [-0.15, -0.1) is 13.2 Å². The van der Waals surface area contributed by atoms with Crippen molar-refractivity contribution < 1.29 is 63.9 Å². The summed E-state index contributed by atoms with van der Waals surface area (Å²) in [6.07, 6.45) is 9.50. The fraction of sp³-hybridized carbons (Fsp3) is 0.907. The summed E-state index contributed by atoms with van der Waals surface area (Å²) < 4.78 is 38.8. The number of alkyl halides is 3. The molecule has 0 aliphatic rings. The van der Waals surface area contributed by atoms with Crippen LogP contribution in [0.15, 0.2) is 25.3 Å². The summed E-state index contributed by atoms with van der Waals surface area (Å²) >= 11 is 0. The first-order valence-corrected chi connectivity index (χ1v) is 21.0. The summed E-state index contributed by atoms with van der Waals surface area (Å²) in [5, 5.41) is 75.7. The van der Waals surface area contributed by atoms with Gasteiger partial charge in [0.1, 0.15) is 0 Å². The SMILES string of the molecule is C=C[C@@H](C)CO.C=C[C@H](C)CO.CC(CO)C(F)(F)F.CCCCCCCN.CCCC[C@@H](C)CO.CCCOCCO.CC[C@H](O)[C@@H](C)O.CC[C@H](O)[C@H](C)O. The highest BCUT2D eigenvalue weighted by molar-refractivity contribution is 4.73. The van der Waals surface area contributed by atoms with Crippen molar-refractivity contribution in [1.82, 2.24) is 0 Å². The monoisotopic (exact) mass is 844 g/mol. The second-order valence-electron chi connectivity index (χ2n) is 13.8. The molecule has 0 heterocycles. The highest BCUT2D eigenvalue weighted by Crippen LogP contribution is 2.24. The van der Waals surface area contributed by atoms with Gasteiger partial charge in [-0.2, -0.15) is 13.2 Å². The molecule has 0 saturated heterocycles. The van der Waals surface area contributed by atoms with Crippen molar-refractivity contribution in [3.05, 3.63) is 25.3 Å². The molecule has 0 aromatic rings. The normalized spacial score (nSPS) is 14.2. The van der Waals surface area contributed by atoms with E-state index >= 15 is 0 Å². The first-order valence-electron chi connectivity index (χ1n) is 21.0. The van der Waals surface area contributed by atoms with E-state index in [1.807, 2.05) is 34.6 Å². The standard InChI is InChI=1S/C7H17N.C7H16O.3C5H12O2.2C5H10O.C4H7F3O/c1-2-3-4-5-6-7-8;1-3-4-5-7(2)6-8;2*1-3-5(7)4(2)6;1-2-4-7-5-3-6;2*1-3-5(2)4-6;1-3(2-8)4(5,6)7/h2-8H2,1H3;7-8H,3-6H2,1-2H3;2*4-7H,3H2,1-2H3;6H,2-5H2,1H3;2*3,5-6H,1,4H2,2H3;3,8H,2H2,1H3/t;7-;4-,5+;4-,5-;;2*5-;/m.110.10./s1. The lowest BCUT2D eigenvalue weighted by Crippen LogP contribution is -2.22. The first-order chi connectivity index (χ1) is 26.6. The minimum atomic E-state index is -4.24. The summed E-state index contributed by atoms with van der Waals surface area (Å²) in [5.74, 6) is -0.576. The number of nitrogens with two attached hydrogens (primary N) is 1. The summed E-state index contributed by atoms with van der Waals surface area (Å²) in [4.78, 5) is 0. The Hall–Kier alpha value is -1.17.